The fourth-order valence-corrected chi connectivity index (χ4v) is 1.94. The highest BCUT2D eigenvalue weighted by molar-refractivity contribution is 5.74. The Kier molecular flexibility index (Phi) is 3.19. The first-order valence-corrected chi connectivity index (χ1v) is 5.29. The maximum absolute atomic E-state index is 12.8. The van der Waals surface area contributed by atoms with Gasteiger partial charge in [-0.3, -0.25) is 4.79 Å². The summed E-state index contributed by atoms with van der Waals surface area (Å²) in [4.78, 5) is 13.2. The van der Waals surface area contributed by atoms with Gasteiger partial charge in [0.2, 0.25) is 5.91 Å². The van der Waals surface area contributed by atoms with Crippen LogP contribution in [0.3, 0.4) is 0 Å². The minimum absolute atomic E-state index is 0.0256. The predicted octanol–water partition coefficient (Wildman–Crippen LogP) is 1.75. The zero-order valence-electron chi connectivity index (χ0n) is 9.15. The largest absolute Gasteiger partial charge is 0.377 e. The molecular weight excluding hydrogens is 209 g/mol. The maximum Gasteiger partial charge on any atom is 0.220 e. The zero-order valence-corrected chi connectivity index (χ0v) is 9.15. The maximum atomic E-state index is 12.8. The van der Waals surface area contributed by atoms with E-state index in [2.05, 4.69) is 0 Å². The number of benzene rings is 1. The lowest BCUT2D eigenvalue weighted by Crippen LogP contribution is -2.42. The van der Waals surface area contributed by atoms with E-state index in [4.69, 9.17) is 4.74 Å². The summed E-state index contributed by atoms with van der Waals surface area (Å²) >= 11 is 0. The summed E-state index contributed by atoms with van der Waals surface area (Å²) in [6.07, 6.45) is 0. The Labute approximate surface area is 93.8 Å². The molecule has 1 saturated heterocycles. The minimum atomic E-state index is -0.269. The second-order valence-corrected chi connectivity index (χ2v) is 3.85. The fourth-order valence-electron chi connectivity index (χ4n) is 1.94. The third-order valence-corrected chi connectivity index (χ3v) is 2.79. The summed E-state index contributed by atoms with van der Waals surface area (Å²) in [6.45, 7) is 3.18. The van der Waals surface area contributed by atoms with Crippen LogP contribution in [0.2, 0.25) is 0 Å². The van der Waals surface area contributed by atoms with Crippen molar-refractivity contribution in [1.29, 1.82) is 0 Å². The van der Waals surface area contributed by atoms with E-state index in [0.717, 1.165) is 5.56 Å². The van der Waals surface area contributed by atoms with Gasteiger partial charge in [-0.2, -0.15) is 0 Å². The van der Waals surface area contributed by atoms with Crippen LogP contribution in [-0.4, -0.2) is 30.6 Å². The van der Waals surface area contributed by atoms with E-state index in [9.17, 15) is 9.18 Å². The molecule has 0 spiro atoms. The highest BCUT2D eigenvalue weighted by Crippen LogP contribution is 2.24. The van der Waals surface area contributed by atoms with Gasteiger partial charge >= 0.3 is 0 Å². The van der Waals surface area contributed by atoms with Crippen molar-refractivity contribution in [3.63, 3.8) is 0 Å². The van der Waals surface area contributed by atoms with Gasteiger partial charge in [-0.25, -0.2) is 4.39 Å². The molecule has 1 aromatic rings. The van der Waals surface area contributed by atoms with Crippen LogP contribution in [-0.2, 0) is 9.53 Å². The van der Waals surface area contributed by atoms with E-state index in [1.165, 1.54) is 12.1 Å². The Morgan fingerprint density at radius 1 is 1.44 bits per heavy atom. The number of rotatable bonds is 1. The van der Waals surface area contributed by atoms with Crippen LogP contribution in [0, 0.1) is 5.82 Å². The molecule has 0 N–H and O–H groups in total. The Morgan fingerprint density at radius 3 is 2.75 bits per heavy atom. The normalized spacial score (nSPS) is 20.9. The van der Waals surface area contributed by atoms with Crippen LogP contribution in [0.15, 0.2) is 24.3 Å². The smallest absolute Gasteiger partial charge is 0.220 e. The molecule has 4 heteroatoms. The van der Waals surface area contributed by atoms with Gasteiger partial charge in [0, 0.05) is 13.5 Å². The van der Waals surface area contributed by atoms with Crippen molar-refractivity contribution in [1.82, 2.24) is 4.90 Å². The molecule has 2 rings (SSSR count). The van der Waals surface area contributed by atoms with E-state index in [0.29, 0.717) is 19.8 Å². The molecule has 0 saturated carbocycles. The number of carbonyl (C=O) groups is 1. The van der Waals surface area contributed by atoms with Crippen LogP contribution in [0.5, 0.6) is 0 Å². The van der Waals surface area contributed by atoms with Gasteiger partial charge in [0.25, 0.3) is 0 Å². The molecule has 1 fully saturated rings. The Morgan fingerprint density at radius 2 is 2.12 bits per heavy atom. The molecular formula is C12H14FNO2. The van der Waals surface area contributed by atoms with Crippen LogP contribution in [0.25, 0.3) is 0 Å². The average molecular weight is 223 g/mol. The molecule has 0 radical (unpaired) electrons. The highest BCUT2D eigenvalue weighted by Gasteiger charge is 2.26. The number of nitrogens with zero attached hydrogens (tertiary/aromatic N) is 1. The Balaban J connectivity index is 2.23. The molecule has 16 heavy (non-hydrogen) atoms. The van der Waals surface area contributed by atoms with Gasteiger partial charge in [0.15, 0.2) is 0 Å². The van der Waals surface area contributed by atoms with Gasteiger partial charge in [-0.1, -0.05) is 12.1 Å². The number of hydrogen-bond acceptors (Lipinski definition) is 2. The summed E-state index contributed by atoms with van der Waals surface area (Å²) in [5, 5.41) is 0. The standard InChI is InChI=1S/C12H14FNO2/c1-9(15)14-6-7-16-8-12(14)10-2-4-11(13)5-3-10/h2-5,12H,6-8H2,1H3. The highest BCUT2D eigenvalue weighted by atomic mass is 19.1. The van der Waals surface area contributed by atoms with Crippen molar-refractivity contribution >= 4 is 5.91 Å². The molecule has 1 atom stereocenters. The zero-order chi connectivity index (χ0) is 11.5. The summed E-state index contributed by atoms with van der Waals surface area (Å²) in [7, 11) is 0. The number of halogens is 1. The summed E-state index contributed by atoms with van der Waals surface area (Å²) < 4.78 is 18.2. The first-order valence-electron chi connectivity index (χ1n) is 5.29. The number of morpholine rings is 1. The molecule has 0 bridgehead atoms. The van der Waals surface area contributed by atoms with Crippen molar-refractivity contribution in [2.24, 2.45) is 0 Å². The van der Waals surface area contributed by atoms with Gasteiger partial charge in [-0.15, -0.1) is 0 Å². The molecule has 1 unspecified atom stereocenters. The third kappa shape index (κ3) is 2.22. The van der Waals surface area contributed by atoms with Crippen LogP contribution in [0.4, 0.5) is 4.39 Å². The van der Waals surface area contributed by atoms with E-state index in [1.807, 2.05) is 0 Å². The van der Waals surface area contributed by atoms with E-state index in [1.54, 1.807) is 24.0 Å². The molecule has 0 aromatic heterocycles. The summed E-state index contributed by atoms with van der Waals surface area (Å²) in [5.41, 5.74) is 0.913. The van der Waals surface area contributed by atoms with Crippen molar-refractivity contribution in [2.75, 3.05) is 19.8 Å². The monoisotopic (exact) mass is 223 g/mol. The van der Waals surface area contributed by atoms with E-state index >= 15 is 0 Å². The van der Waals surface area contributed by atoms with Gasteiger partial charge in [-0.05, 0) is 17.7 Å². The average Bonchev–Trinajstić information content (AvgIpc) is 2.30. The molecule has 1 aliphatic rings. The summed E-state index contributed by atoms with van der Waals surface area (Å²) in [6, 6.07) is 6.12. The predicted molar refractivity (Wildman–Crippen MR) is 57.3 cm³/mol. The SMILES string of the molecule is CC(=O)N1CCOCC1c1ccc(F)cc1. The molecule has 1 heterocycles. The van der Waals surface area contributed by atoms with Gasteiger partial charge < -0.3 is 9.64 Å². The van der Waals surface area contributed by atoms with Crippen molar-refractivity contribution in [3.05, 3.63) is 35.6 Å². The third-order valence-electron chi connectivity index (χ3n) is 2.79. The number of ether oxygens (including phenoxy) is 1. The Hall–Kier alpha value is -1.42. The van der Waals surface area contributed by atoms with E-state index in [-0.39, 0.29) is 17.8 Å². The second-order valence-electron chi connectivity index (χ2n) is 3.85. The van der Waals surface area contributed by atoms with Gasteiger partial charge in [0.1, 0.15) is 5.82 Å². The quantitative estimate of drug-likeness (QED) is 0.725. The van der Waals surface area contributed by atoms with E-state index < -0.39 is 0 Å². The number of carbonyl (C=O) groups excluding carboxylic acids is 1. The lowest BCUT2D eigenvalue weighted by molar-refractivity contribution is -0.137. The second kappa shape index (κ2) is 4.61. The first kappa shape index (κ1) is 11.1. The number of amides is 1. The Bertz CT molecular complexity index is 377. The lowest BCUT2D eigenvalue weighted by atomic mass is 10.0. The van der Waals surface area contributed by atoms with Gasteiger partial charge in [0.05, 0.1) is 19.3 Å². The van der Waals surface area contributed by atoms with Crippen molar-refractivity contribution in [2.45, 2.75) is 13.0 Å². The van der Waals surface area contributed by atoms with Crippen LogP contribution < -0.4 is 0 Å². The van der Waals surface area contributed by atoms with Crippen LogP contribution in [0.1, 0.15) is 18.5 Å². The lowest BCUT2D eigenvalue weighted by Gasteiger charge is -2.35. The fraction of sp³-hybridized carbons (Fsp3) is 0.417. The number of hydrogen-bond donors (Lipinski definition) is 0. The molecule has 3 nitrogen and oxygen atoms in total. The van der Waals surface area contributed by atoms with Crippen molar-refractivity contribution in [3.8, 4) is 0 Å². The minimum Gasteiger partial charge on any atom is -0.377 e. The van der Waals surface area contributed by atoms with Crippen molar-refractivity contribution < 1.29 is 13.9 Å². The molecule has 0 aliphatic carbocycles. The molecule has 86 valence electrons. The first-order chi connectivity index (χ1) is 7.68. The molecule has 1 aromatic carbocycles. The molecule has 1 amide bonds. The molecule has 1 aliphatic heterocycles. The van der Waals surface area contributed by atoms with Crippen LogP contribution >= 0.6 is 0 Å². The topological polar surface area (TPSA) is 29.5 Å². The summed E-state index contributed by atoms with van der Waals surface area (Å²) in [5.74, 6) is -0.243.